The number of aromatic hydroxyl groups is 3. The second-order valence-electron chi connectivity index (χ2n) is 4.89. The van der Waals surface area contributed by atoms with Crippen molar-refractivity contribution < 1.29 is 20.4 Å². The number of benzene rings is 2. The van der Waals surface area contributed by atoms with Crippen molar-refractivity contribution in [3.63, 3.8) is 0 Å². The van der Waals surface area contributed by atoms with E-state index in [1.54, 1.807) is 18.2 Å². The largest absolute Gasteiger partial charge is 0.508 e. The number of guanidine groups is 1. The summed E-state index contributed by atoms with van der Waals surface area (Å²) in [7, 11) is 0. The van der Waals surface area contributed by atoms with E-state index in [9.17, 15) is 15.3 Å². The minimum atomic E-state index is -0.286. The fourth-order valence-corrected chi connectivity index (χ4v) is 1.79. The van der Waals surface area contributed by atoms with Gasteiger partial charge in [-0.25, -0.2) is 5.43 Å². The molecule has 0 saturated heterocycles. The smallest absolute Gasteiger partial charge is 0.234 e. The second kappa shape index (κ2) is 8.31. The van der Waals surface area contributed by atoms with Crippen LogP contribution in [-0.2, 0) is 6.61 Å². The lowest BCUT2D eigenvalue weighted by Gasteiger charge is -2.02. The van der Waals surface area contributed by atoms with Crippen molar-refractivity contribution in [3.8, 4) is 17.2 Å². The van der Waals surface area contributed by atoms with Crippen LogP contribution >= 0.6 is 0 Å². The fraction of sp³-hybridized carbons (Fsp3) is 0.0625. The van der Waals surface area contributed by atoms with Gasteiger partial charge in [-0.15, -0.1) is 5.10 Å². The van der Waals surface area contributed by atoms with Gasteiger partial charge < -0.3 is 26.2 Å². The van der Waals surface area contributed by atoms with Gasteiger partial charge >= 0.3 is 0 Å². The summed E-state index contributed by atoms with van der Waals surface area (Å²) in [5.41, 5.74) is 9.59. The summed E-state index contributed by atoms with van der Waals surface area (Å²) < 4.78 is 0. The Balaban J connectivity index is 1.94. The van der Waals surface area contributed by atoms with Gasteiger partial charge in [0.1, 0.15) is 5.75 Å². The summed E-state index contributed by atoms with van der Waals surface area (Å²) in [4.78, 5) is 0. The number of nitrogens with two attached hydrogens (primary N) is 1. The van der Waals surface area contributed by atoms with Crippen LogP contribution in [0.5, 0.6) is 17.2 Å². The Labute approximate surface area is 143 Å². The molecule has 0 bridgehead atoms. The van der Waals surface area contributed by atoms with Crippen LogP contribution in [0.3, 0.4) is 0 Å². The molecular weight excluding hydrogens is 326 g/mol. The van der Waals surface area contributed by atoms with Crippen LogP contribution in [0.15, 0.2) is 51.7 Å². The van der Waals surface area contributed by atoms with E-state index in [1.165, 1.54) is 30.6 Å². The Morgan fingerprint density at radius 2 is 1.64 bits per heavy atom. The zero-order valence-corrected chi connectivity index (χ0v) is 13.0. The highest BCUT2D eigenvalue weighted by atomic mass is 16.3. The molecule has 0 radical (unpaired) electrons. The van der Waals surface area contributed by atoms with Crippen LogP contribution in [0.25, 0.3) is 0 Å². The maximum Gasteiger partial charge on any atom is 0.234 e. The second-order valence-corrected chi connectivity index (χ2v) is 4.89. The third kappa shape index (κ3) is 5.22. The van der Waals surface area contributed by atoms with Crippen molar-refractivity contribution in [1.29, 1.82) is 0 Å². The van der Waals surface area contributed by atoms with E-state index in [2.05, 4.69) is 20.7 Å². The van der Waals surface area contributed by atoms with Gasteiger partial charge in [0, 0.05) is 5.56 Å². The van der Waals surface area contributed by atoms with Crippen molar-refractivity contribution in [3.05, 3.63) is 53.1 Å². The minimum absolute atomic E-state index is 0.00305. The van der Waals surface area contributed by atoms with E-state index >= 15 is 0 Å². The molecule has 0 aromatic heterocycles. The van der Waals surface area contributed by atoms with E-state index in [4.69, 9.17) is 10.8 Å². The molecule has 0 saturated carbocycles. The normalized spacial score (nSPS) is 12.1. The first kappa shape index (κ1) is 17.8. The molecule has 0 spiro atoms. The zero-order chi connectivity index (χ0) is 18.2. The highest BCUT2D eigenvalue weighted by Crippen LogP contribution is 2.24. The molecule has 7 N–H and O–H groups in total. The molecule has 2 aromatic carbocycles. The van der Waals surface area contributed by atoms with Crippen LogP contribution in [0, 0.1) is 0 Å². The number of hydrazone groups is 1. The maximum atomic E-state index is 9.47. The summed E-state index contributed by atoms with van der Waals surface area (Å²) in [5, 5.41) is 48.3. The van der Waals surface area contributed by atoms with Gasteiger partial charge in [-0.2, -0.15) is 10.2 Å². The number of aliphatic hydroxyl groups is 1. The first-order valence-electron chi connectivity index (χ1n) is 7.10. The van der Waals surface area contributed by atoms with Crippen molar-refractivity contribution in [2.45, 2.75) is 6.61 Å². The lowest BCUT2D eigenvalue weighted by atomic mass is 10.1. The molecule has 0 amide bonds. The van der Waals surface area contributed by atoms with Gasteiger partial charge in [0.2, 0.25) is 5.96 Å². The molecule has 130 valence electrons. The third-order valence-corrected chi connectivity index (χ3v) is 3.04. The Bertz CT molecular complexity index is 833. The lowest BCUT2D eigenvalue weighted by molar-refractivity contribution is 0.275. The number of nitrogens with zero attached hydrogens (tertiary/aromatic N) is 3. The van der Waals surface area contributed by atoms with E-state index < -0.39 is 0 Å². The van der Waals surface area contributed by atoms with E-state index in [0.717, 1.165) is 0 Å². The quantitative estimate of drug-likeness (QED) is 0.202. The molecule has 0 fully saturated rings. The molecule has 9 heteroatoms. The van der Waals surface area contributed by atoms with Crippen LogP contribution in [0.2, 0.25) is 0 Å². The Morgan fingerprint density at radius 1 is 0.960 bits per heavy atom. The van der Waals surface area contributed by atoms with E-state index in [-0.39, 0.29) is 29.8 Å². The minimum Gasteiger partial charge on any atom is -0.508 e. The summed E-state index contributed by atoms with van der Waals surface area (Å²) in [6.07, 6.45) is 2.77. The van der Waals surface area contributed by atoms with Crippen LogP contribution < -0.4 is 11.2 Å². The van der Waals surface area contributed by atoms with Crippen LogP contribution in [0.1, 0.15) is 16.7 Å². The number of nitrogens with one attached hydrogen (secondary N) is 1. The summed E-state index contributed by atoms with van der Waals surface area (Å²) in [6, 6.07) is 8.82. The summed E-state index contributed by atoms with van der Waals surface area (Å²) in [5.74, 6) is -0.561. The van der Waals surface area contributed by atoms with Crippen molar-refractivity contribution in [1.82, 2.24) is 5.43 Å². The summed E-state index contributed by atoms with van der Waals surface area (Å²) in [6.45, 7) is -0.286. The van der Waals surface area contributed by atoms with Gasteiger partial charge in [-0.3, -0.25) is 0 Å². The van der Waals surface area contributed by atoms with Crippen molar-refractivity contribution in [2.75, 3.05) is 0 Å². The summed E-state index contributed by atoms with van der Waals surface area (Å²) >= 11 is 0. The van der Waals surface area contributed by atoms with Crippen LogP contribution in [-0.4, -0.2) is 38.8 Å². The average Bonchev–Trinajstić information content (AvgIpc) is 2.59. The fourth-order valence-electron chi connectivity index (χ4n) is 1.79. The zero-order valence-electron chi connectivity index (χ0n) is 13.0. The standard InChI is InChI=1S/C16H17N5O4/c17-16(21-19-8-11-2-4-14(24)15(25)6-11)20-18-7-10-1-3-13(23)12(5-10)9-22/h1-8,22-25H,9H2,(H3,17,20,21)/b18-7+,19-8+. The Morgan fingerprint density at radius 3 is 2.32 bits per heavy atom. The number of rotatable bonds is 5. The Hall–Kier alpha value is -3.59. The highest BCUT2D eigenvalue weighted by Gasteiger charge is 2.00. The number of phenols is 3. The third-order valence-electron chi connectivity index (χ3n) is 3.04. The van der Waals surface area contributed by atoms with Gasteiger partial charge in [0.05, 0.1) is 19.0 Å². The topological polar surface area (TPSA) is 156 Å². The first-order chi connectivity index (χ1) is 12.0. The molecule has 2 aromatic rings. The van der Waals surface area contributed by atoms with E-state index in [1.807, 2.05) is 0 Å². The molecule has 25 heavy (non-hydrogen) atoms. The average molecular weight is 343 g/mol. The van der Waals surface area contributed by atoms with Gasteiger partial charge in [-0.1, -0.05) is 0 Å². The molecule has 0 atom stereocenters. The molecule has 0 aliphatic carbocycles. The monoisotopic (exact) mass is 343 g/mol. The van der Waals surface area contributed by atoms with Crippen LogP contribution in [0.4, 0.5) is 0 Å². The van der Waals surface area contributed by atoms with Crippen molar-refractivity contribution in [2.24, 2.45) is 21.0 Å². The molecule has 9 nitrogen and oxygen atoms in total. The molecule has 0 aliphatic rings. The highest BCUT2D eigenvalue weighted by molar-refractivity contribution is 5.85. The SMILES string of the molecule is NC(=N/N=C/c1ccc(O)c(O)c1)N/N=C/c1ccc(O)c(CO)c1. The van der Waals surface area contributed by atoms with Gasteiger partial charge in [0.25, 0.3) is 0 Å². The van der Waals surface area contributed by atoms with Gasteiger partial charge in [0.15, 0.2) is 11.5 Å². The Kier molecular flexibility index (Phi) is 5.91. The van der Waals surface area contributed by atoms with E-state index in [0.29, 0.717) is 16.7 Å². The predicted octanol–water partition coefficient (Wildman–Crippen LogP) is 0.568. The predicted molar refractivity (Wildman–Crippen MR) is 93.7 cm³/mol. The van der Waals surface area contributed by atoms with Crippen molar-refractivity contribution >= 4 is 18.4 Å². The number of aliphatic hydroxyl groups excluding tert-OH is 1. The molecular formula is C16H17N5O4. The first-order valence-corrected chi connectivity index (χ1v) is 7.10. The lowest BCUT2D eigenvalue weighted by Crippen LogP contribution is -2.26. The number of phenolic OH excluding ortho intramolecular Hbond substituents is 2. The molecule has 0 aliphatic heterocycles. The molecule has 0 heterocycles. The molecule has 2 rings (SSSR count). The maximum absolute atomic E-state index is 9.47. The number of hydrogen-bond donors (Lipinski definition) is 6. The van der Waals surface area contributed by atoms with Gasteiger partial charge in [-0.05, 0) is 47.5 Å². The number of hydrogen-bond acceptors (Lipinski definition) is 7. The molecule has 0 unspecified atom stereocenters.